The number of aromatic nitrogens is 2. The van der Waals surface area contributed by atoms with Gasteiger partial charge in [-0.2, -0.15) is 18.2 Å². The number of hydrogen-bond donors (Lipinski definition) is 3. The number of fused-ring (bicyclic) bond motifs is 1. The van der Waals surface area contributed by atoms with Gasteiger partial charge in [0.1, 0.15) is 24.3 Å². The van der Waals surface area contributed by atoms with Crippen molar-refractivity contribution in [2.45, 2.75) is 19.0 Å². The molecule has 1 amide bonds. The van der Waals surface area contributed by atoms with Gasteiger partial charge in [0.15, 0.2) is 0 Å². The third kappa shape index (κ3) is 5.55. The van der Waals surface area contributed by atoms with Gasteiger partial charge in [-0.3, -0.25) is 9.63 Å². The number of nitrogens with one attached hydrogen (secondary N) is 3. The molecule has 3 N–H and O–H groups in total. The minimum atomic E-state index is -4.74. The highest BCUT2D eigenvalue weighted by atomic mass is 31.2. The van der Waals surface area contributed by atoms with Crippen LogP contribution in [0.15, 0.2) is 42.6 Å². The van der Waals surface area contributed by atoms with Crippen LogP contribution in [0.25, 0.3) is 0 Å². The van der Waals surface area contributed by atoms with Crippen molar-refractivity contribution in [2.75, 3.05) is 37.7 Å². The largest absolute Gasteiger partial charge is 0.490 e. The van der Waals surface area contributed by atoms with E-state index >= 15 is 0 Å². The van der Waals surface area contributed by atoms with Gasteiger partial charge in [0.05, 0.1) is 25.1 Å². The quantitative estimate of drug-likeness (QED) is 0.286. The van der Waals surface area contributed by atoms with Crippen LogP contribution in [-0.2, 0) is 15.6 Å². The predicted molar refractivity (Wildman–Crippen MR) is 134 cm³/mol. The van der Waals surface area contributed by atoms with Gasteiger partial charge in [0.2, 0.25) is 5.95 Å². The number of alkyl halides is 3. The Morgan fingerprint density at radius 2 is 1.86 bits per heavy atom. The van der Waals surface area contributed by atoms with Crippen molar-refractivity contribution in [2.24, 2.45) is 0 Å². The summed E-state index contributed by atoms with van der Waals surface area (Å²) in [6.45, 7) is 5.26. The van der Waals surface area contributed by atoms with E-state index < -0.39 is 30.6 Å². The average molecular weight is 535 g/mol. The fourth-order valence-electron chi connectivity index (χ4n) is 4.02. The average Bonchev–Trinajstić information content (AvgIpc) is 3.20. The lowest BCUT2D eigenvalue weighted by molar-refractivity contribution is -0.137. The van der Waals surface area contributed by atoms with Crippen LogP contribution < -0.4 is 26.2 Å². The first-order valence-electron chi connectivity index (χ1n) is 11.2. The summed E-state index contributed by atoms with van der Waals surface area (Å²) < 4.78 is 59.8. The number of halogens is 3. The maximum atomic E-state index is 13.8. The monoisotopic (exact) mass is 535 g/mol. The molecule has 2 heterocycles. The minimum Gasteiger partial charge on any atom is -0.490 e. The summed E-state index contributed by atoms with van der Waals surface area (Å²) in [5, 5.41) is 5.99. The first-order valence-corrected chi connectivity index (χ1v) is 13.8. The van der Waals surface area contributed by atoms with Crippen molar-refractivity contribution in [1.29, 1.82) is 0 Å². The summed E-state index contributed by atoms with van der Waals surface area (Å²) in [7, 11) is -1.49. The van der Waals surface area contributed by atoms with Crippen molar-refractivity contribution in [3.63, 3.8) is 0 Å². The van der Waals surface area contributed by atoms with E-state index in [-0.39, 0.29) is 17.6 Å². The lowest BCUT2D eigenvalue weighted by Gasteiger charge is -2.18. The minimum absolute atomic E-state index is 0.115. The SMILES string of the molecule is CONC(=O)c1ccc(Nc2ncc(C(F)(F)F)c(Nc3ccccc3P(C)(C)=O)n2)c2c1C(C)CO2. The standard InChI is InChI=1S/C24H25F3N5O4P/c1-13-12-36-20-17(10-9-14(19(13)20)22(33)32-35-2)30-23-28-11-15(24(25,26)27)21(31-23)29-16-7-5-6-8-18(16)37(3,4)34/h5-11,13H,12H2,1-4H3,(H,32,33)(H2,28,29,30,31). The van der Waals surface area contributed by atoms with E-state index in [1.165, 1.54) is 26.5 Å². The Morgan fingerprint density at radius 1 is 1.14 bits per heavy atom. The molecule has 2 aromatic carbocycles. The zero-order valence-corrected chi connectivity index (χ0v) is 21.3. The maximum absolute atomic E-state index is 13.8. The Bertz CT molecular complexity index is 1390. The van der Waals surface area contributed by atoms with Crippen LogP contribution in [0, 0.1) is 0 Å². The molecule has 37 heavy (non-hydrogen) atoms. The highest BCUT2D eigenvalue weighted by Crippen LogP contribution is 2.44. The first-order chi connectivity index (χ1) is 17.4. The molecular formula is C24H25F3N5O4P. The van der Waals surface area contributed by atoms with Crippen LogP contribution >= 0.6 is 7.14 Å². The molecular weight excluding hydrogens is 510 g/mol. The molecule has 1 aliphatic heterocycles. The van der Waals surface area contributed by atoms with Gasteiger partial charge in [0, 0.05) is 28.5 Å². The molecule has 13 heteroatoms. The van der Waals surface area contributed by atoms with Gasteiger partial charge in [-0.25, -0.2) is 10.5 Å². The fourth-order valence-corrected chi connectivity index (χ4v) is 5.18. The second-order valence-corrected chi connectivity index (χ2v) is 12.0. The van der Waals surface area contributed by atoms with E-state index in [9.17, 15) is 22.5 Å². The third-order valence-corrected chi connectivity index (χ3v) is 7.23. The number of carbonyl (C=O) groups is 1. The fraction of sp³-hybridized carbons (Fsp3) is 0.292. The summed E-state index contributed by atoms with van der Waals surface area (Å²) in [5.41, 5.74) is 2.79. The van der Waals surface area contributed by atoms with Crippen LogP contribution in [0.1, 0.15) is 34.3 Å². The van der Waals surface area contributed by atoms with Crippen molar-refractivity contribution in [1.82, 2.24) is 15.4 Å². The lowest BCUT2D eigenvalue weighted by Crippen LogP contribution is -2.23. The summed E-state index contributed by atoms with van der Waals surface area (Å²) >= 11 is 0. The number of amides is 1. The van der Waals surface area contributed by atoms with Crippen molar-refractivity contribution in [3.05, 3.63) is 59.3 Å². The van der Waals surface area contributed by atoms with E-state index in [4.69, 9.17) is 9.57 Å². The number of rotatable bonds is 7. The topological polar surface area (TPSA) is 114 Å². The van der Waals surface area contributed by atoms with Crippen LogP contribution in [0.2, 0.25) is 0 Å². The van der Waals surface area contributed by atoms with Crippen LogP contribution in [0.4, 0.5) is 36.3 Å². The molecule has 0 aliphatic carbocycles. The lowest BCUT2D eigenvalue weighted by atomic mass is 9.96. The zero-order valence-electron chi connectivity index (χ0n) is 20.4. The highest BCUT2D eigenvalue weighted by Gasteiger charge is 2.36. The number of para-hydroxylation sites is 1. The molecule has 0 fully saturated rings. The van der Waals surface area contributed by atoms with E-state index in [2.05, 4.69) is 26.1 Å². The van der Waals surface area contributed by atoms with Crippen molar-refractivity contribution >= 4 is 41.5 Å². The Kier molecular flexibility index (Phi) is 7.16. The molecule has 196 valence electrons. The Morgan fingerprint density at radius 3 is 2.54 bits per heavy atom. The second kappa shape index (κ2) is 10.0. The summed E-state index contributed by atoms with van der Waals surface area (Å²) in [5.74, 6) is -0.841. The molecule has 1 aliphatic rings. The normalized spacial score (nSPS) is 15.1. The Labute approximate surface area is 211 Å². The molecule has 1 atom stereocenters. The Hall–Kier alpha value is -3.63. The summed E-state index contributed by atoms with van der Waals surface area (Å²) in [6, 6.07) is 9.53. The number of carbonyl (C=O) groups excluding carboxylic acids is 1. The van der Waals surface area contributed by atoms with E-state index in [1.807, 2.05) is 6.92 Å². The molecule has 0 radical (unpaired) electrons. The van der Waals surface area contributed by atoms with E-state index in [0.29, 0.717) is 40.7 Å². The first kappa shape index (κ1) is 26.4. The summed E-state index contributed by atoms with van der Waals surface area (Å²) in [4.78, 5) is 25.1. The van der Waals surface area contributed by atoms with Crippen molar-refractivity contribution < 1.29 is 32.1 Å². The smallest absolute Gasteiger partial charge is 0.421 e. The van der Waals surface area contributed by atoms with Crippen molar-refractivity contribution in [3.8, 4) is 5.75 Å². The van der Waals surface area contributed by atoms with Gasteiger partial charge in [-0.05, 0) is 37.6 Å². The molecule has 1 aromatic heterocycles. The number of hydroxylamine groups is 1. The van der Waals surface area contributed by atoms with Gasteiger partial charge < -0.3 is 19.9 Å². The van der Waals surface area contributed by atoms with E-state index in [0.717, 1.165) is 0 Å². The number of benzene rings is 2. The molecule has 4 rings (SSSR count). The zero-order chi connectivity index (χ0) is 27.0. The van der Waals surface area contributed by atoms with Crippen LogP contribution in [0.3, 0.4) is 0 Å². The highest BCUT2D eigenvalue weighted by molar-refractivity contribution is 7.70. The Balaban J connectivity index is 1.74. The number of ether oxygens (including phenoxy) is 1. The van der Waals surface area contributed by atoms with Gasteiger partial charge in [-0.15, -0.1) is 0 Å². The molecule has 3 aromatic rings. The van der Waals surface area contributed by atoms with E-state index in [1.54, 1.807) is 30.3 Å². The van der Waals surface area contributed by atoms with Crippen LogP contribution in [-0.4, -0.2) is 42.9 Å². The maximum Gasteiger partial charge on any atom is 0.421 e. The number of anilines is 4. The van der Waals surface area contributed by atoms with Crippen LogP contribution in [0.5, 0.6) is 5.75 Å². The molecule has 0 saturated heterocycles. The predicted octanol–water partition coefficient (Wildman–Crippen LogP) is 5.02. The summed E-state index contributed by atoms with van der Waals surface area (Å²) in [6.07, 6.45) is -4.07. The van der Waals surface area contributed by atoms with Gasteiger partial charge in [-0.1, -0.05) is 19.1 Å². The molecule has 1 unspecified atom stereocenters. The number of nitrogens with zero attached hydrogens (tertiary/aromatic N) is 2. The number of hydrogen-bond acceptors (Lipinski definition) is 8. The second-order valence-electron chi connectivity index (χ2n) is 8.82. The molecule has 0 spiro atoms. The van der Waals surface area contributed by atoms with Gasteiger partial charge >= 0.3 is 6.18 Å². The molecule has 9 nitrogen and oxygen atoms in total. The third-order valence-electron chi connectivity index (χ3n) is 5.68. The molecule has 0 saturated carbocycles. The van der Waals surface area contributed by atoms with Gasteiger partial charge in [0.25, 0.3) is 5.91 Å². The molecule has 0 bridgehead atoms.